The molecule has 0 saturated carbocycles. The molecule has 32 heavy (non-hydrogen) atoms. The van der Waals surface area contributed by atoms with Gasteiger partial charge in [-0.3, -0.25) is 14.8 Å². The van der Waals surface area contributed by atoms with Crippen LogP contribution in [0.15, 0.2) is 65.5 Å². The van der Waals surface area contributed by atoms with Crippen LogP contribution >= 0.6 is 0 Å². The number of aromatic nitrogens is 3. The SMILES string of the molecule is CCCN(Cc1ccc(OCC)cc1)Cc1cc(=O)n2[nH]c(-c3ccc(C)cc3)cc2n1. The highest BCUT2D eigenvalue weighted by Crippen LogP contribution is 2.19. The molecule has 6 nitrogen and oxygen atoms in total. The fourth-order valence-electron chi connectivity index (χ4n) is 3.88. The molecule has 0 aliphatic heterocycles. The summed E-state index contributed by atoms with van der Waals surface area (Å²) in [6, 6.07) is 20.0. The Balaban J connectivity index is 1.55. The third kappa shape index (κ3) is 5.08. The van der Waals surface area contributed by atoms with Crippen LogP contribution in [-0.2, 0) is 13.1 Å². The number of benzene rings is 2. The quantitative estimate of drug-likeness (QED) is 0.414. The van der Waals surface area contributed by atoms with E-state index in [1.165, 1.54) is 15.6 Å². The van der Waals surface area contributed by atoms with Gasteiger partial charge in [0.2, 0.25) is 0 Å². The van der Waals surface area contributed by atoms with Gasteiger partial charge in [-0.1, -0.05) is 48.9 Å². The Kier molecular flexibility index (Phi) is 6.71. The average molecular weight is 431 g/mol. The van der Waals surface area contributed by atoms with E-state index in [1.54, 1.807) is 6.07 Å². The van der Waals surface area contributed by atoms with Crippen molar-refractivity contribution in [2.75, 3.05) is 13.2 Å². The number of nitrogens with one attached hydrogen (secondary N) is 1. The van der Waals surface area contributed by atoms with E-state index in [0.717, 1.165) is 42.2 Å². The lowest BCUT2D eigenvalue weighted by Crippen LogP contribution is -2.26. The zero-order valence-corrected chi connectivity index (χ0v) is 19.0. The number of hydrogen-bond acceptors (Lipinski definition) is 4. The second-order valence-corrected chi connectivity index (χ2v) is 8.10. The Hall–Kier alpha value is -3.38. The number of aromatic amines is 1. The van der Waals surface area contributed by atoms with Crippen LogP contribution < -0.4 is 10.3 Å². The molecule has 2 aromatic heterocycles. The molecule has 4 aromatic rings. The molecule has 4 rings (SSSR count). The van der Waals surface area contributed by atoms with Gasteiger partial charge in [0.05, 0.1) is 18.0 Å². The van der Waals surface area contributed by atoms with Gasteiger partial charge in [0.25, 0.3) is 5.56 Å². The minimum Gasteiger partial charge on any atom is -0.494 e. The predicted octanol–water partition coefficient (Wildman–Crippen LogP) is 4.81. The molecule has 0 fully saturated rings. The van der Waals surface area contributed by atoms with Gasteiger partial charge in [-0.25, -0.2) is 9.50 Å². The number of fused-ring (bicyclic) bond motifs is 1. The lowest BCUT2D eigenvalue weighted by Gasteiger charge is -2.21. The number of rotatable bonds is 9. The monoisotopic (exact) mass is 430 g/mol. The normalized spacial score (nSPS) is 11.4. The molecule has 6 heteroatoms. The lowest BCUT2D eigenvalue weighted by atomic mass is 10.1. The van der Waals surface area contributed by atoms with Gasteiger partial charge in [0.15, 0.2) is 5.65 Å². The summed E-state index contributed by atoms with van der Waals surface area (Å²) < 4.78 is 7.05. The summed E-state index contributed by atoms with van der Waals surface area (Å²) in [5.41, 5.74) is 5.65. The molecule has 0 radical (unpaired) electrons. The van der Waals surface area contributed by atoms with E-state index in [0.29, 0.717) is 18.8 Å². The first-order chi connectivity index (χ1) is 15.6. The summed E-state index contributed by atoms with van der Waals surface area (Å²) in [7, 11) is 0. The molecule has 0 amide bonds. The lowest BCUT2D eigenvalue weighted by molar-refractivity contribution is 0.254. The number of aryl methyl sites for hydroxylation is 1. The van der Waals surface area contributed by atoms with Crippen molar-refractivity contribution in [3.05, 3.63) is 87.8 Å². The molecule has 2 heterocycles. The summed E-state index contributed by atoms with van der Waals surface area (Å²) in [4.78, 5) is 19.8. The Morgan fingerprint density at radius 1 is 1.00 bits per heavy atom. The Morgan fingerprint density at radius 3 is 2.44 bits per heavy atom. The van der Waals surface area contributed by atoms with Crippen molar-refractivity contribution in [2.45, 2.75) is 40.3 Å². The Labute approximate surface area is 188 Å². The maximum Gasteiger partial charge on any atom is 0.272 e. The molecular weight excluding hydrogens is 400 g/mol. The maximum atomic E-state index is 12.8. The topological polar surface area (TPSA) is 62.6 Å². The predicted molar refractivity (Wildman–Crippen MR) is 128 cm³/mol. The summed E-state index contributed by atoms with van der Waals surface area (Å²) in [6.07, 6.45) is 1.03. The minimum absolute atomic E-state index is 0.0964. The van der Waals surface area contributed by atoms with Crippen molar-refractivity contribution in [1.82, 2.24) is 19.5 Å². The van der Waals surface area contributed by atoms with Crippen molar-refractivity contribution in [3.8, 4) is 17.0 Å². The highest BCUT2D eigenvalue weighted by atomic mass is 16.5. The third-order valence-corrected chi connectivity index (χ3v) is 5.43. The van der Waals surface area contributed by atoms with Crippen LogP contribution in [0.2, 0.25) is 0 Å². The second kappa shape index (κ2) is 9.83. The van der Waals surface area contributed by atoms with Crippen molar-refractivity contribution in [3.63, 3.8) is 0 Å². The van der Waals surface area contributed by atoms with Gasteiger partial charge in [0, 0.05) is 25.2 Å². The van der Waals surface area contributed by atoms with Crippen LogP contribution in [0.25, 0.3) is 16.9 Å². The van der Waals surface area contributed by atoms with E-state index < -0.39 is 0 Å². The standard InChI is InChI=1S/C26H30N4O2/c1-4-14-29(17-20-8-12-23(13-9-20)32-5-2)18-22-15-26(31)30-25(27-22)16-24(28-30)21-10-6-19(3)7-11-21/h6-13,15-16,28H,4-5,14,17-18H2,1-3H3. The highest BCUT2D eigenvalue weighted by molar-refractivity contribution is 5.64. The average Bonchev–Trinajstić information content (AvgIpc) is 3.21. The molecule has 2 aromatic carbocycles. The van der Waals surface area contributed by atoms with Crippen molar-refractivity contribution in [1.29, 1.82) is 0 Å². The van der Waals surface area contributed by atoms with Crippen LogP contribution in [0, 0.1) is 6.92 Å². The smallest absolute Gasteiger partial charge is 0.272 e. The minimum atomic E-state index is -0.0964. The van der Waals surface area contributed by atoms with Crippen LogP contribution in [0.5, 0.6) is 5.75 Å². The first kappa shape index (κ1) is 21.8. The molecule has 0 bridgehead atoms. The molecule has 0 spiro atoms. The van der Waals surface area contributed by atoms with Gasteiger partial charge in [0.1, 0.15) is 5.75 Å². The van der Waals surface area contributed by atoms with Crippen molar-refractivity contribution in [2.24, 2.45) is 0 Å². The van der Waals surface area contributed by atoms with Gasteiger partial charge in [-0.05, 0) is 50.1 Å². The van der Waals surface area contributed by atoms with Crippen LogP contribution in [0.4, 0.5) is 0 Å². The fraction of sp³-hybridized carbons (Fsp3) is 0.308. The van der Waals surface area contributed by atoms with Crippen LogP contribution in [0.3, 0.4) is 0 Å². The van der Waals surface area contributed by atoms with Gasteiger partial charge in [-0.2, -0.15) is 0 Å². The van der Waals surface area contributed by atoms with Gasteiger partial charge in [-0.15, -0.1) is 0 Å². The van der Waals surface area contributed by atoms with E-state index in [-0.39, 0.29) is 5.56 Å². The largest absolute Gasteiger partial charge is 0.494 e. The molecule has 0 atom stereocenters. The first-order valence-corrected chi connectivity index (χ1v) is 11.2. The fourth-order valence-corrected chi connectivity index (χ4v) is 3.88. The zero-order chi connectivity index (χ0) is 22.5. The molecule has 0 saturated heterocycles. The Bertz CT molecular complexity index is 1220. The van der Waals surface area contributed by atoms with Crippen molar-refractivity contribution < 1.29 is 4.74 Å². The number of hydrogen-bond donors (Lipinski definition) is 1. The second-order valence-electron chi connectivity index (χ2n) is 8.10. The maximum absolute atomic E-state index is 12.8. The Morgan fingerprint density at radius 2 is 1.75 bits per heavy atom. The summed E-state index contributed by atoms with van der Waals surface area (Å²) in [5, 5.41) is 3.18. The molecule has 0 unspecified atom stereocenters. The highest BCUT2D eigenvalue weighted by Gasteiger charge is 2.12. The van der Waals surface area contributed by atoms with E-state index in [1.807, 2.05) is 37.3 Å². The van der Waals surface area contributed by atoms with E-state index in [9.17, 15) is 4.79 Å². The van der Waals surface area contributed by atoms with E-state index in [4.69, 9.17) is 9.72 Å². The number of H-pyrrole nitrogens is 1. The molecule has 166 valence electrons. The molecular formula is C26H30N4O2. The zero-order valence-electron chi connectivity index (χ0n) is 19.0. The first-order valence-electron chi connectivity index (χ1n) is 11.2. The van der Waals surface area contributed by atoms with Crippen LogP contribution in [-0.4, -0.2) is 32.6 Å². The van der Waals surface area contributed by atoms with Gasteiger partial charge >= 0.3 is 0 Å². The van der Waals surface area contributed by atoms with E-state index >= 15 is 0 Å². The molecule has 1 N–H and O–H groups in total. The summed E-state index contributed by atoms with van der Waals surface area (Å²) >= 11 is 0. The summed E-state index contributed by atoms with van der Waals surface area (Å²) in [6.45, 7) is 9.21. The number of ether oxygens (including phenoxy) is 1. The molecule has 0 aliphatic carbocycles. The van der Waals surface area contributed by atoms with E-state index in [2.05, 4.69) is 48.1 Å². The van der Waals surface area contributed by atoms with Crippen LogP contribution in [0.1, 0.15) is 37.1 Å². The number of nitrogens with zero attached hydrogens (tertiary/aromatic N) is 3. The van der Waals surface area contributed by atoms with Gasteiger partial charge < -0.3 is 4.74 Å². The molecule has 0 aliphatic rings. The summed E-state index contributed by atoms with van der Waals surface area (Å²) in [5.74, 6) is 0.885. The third-order valence-electron chi connectivity index (χ3n) is 5.43. The van der Waals surface area contributed by atoms with Crippen molar-refractivity contribution >= 4 is 5.65 Å².